The number of pyridine rings is 1. The topological polar surface area (TPSA) is 57.4 Å². The molecule has 0 aliphatic carbocycles. The lowest BCUT2D eigenvalue weighted by molar-refractivity contribution is 0.165. The third-order valence-electron chi connectivity index (χ3n) is 1.51. The van der Waals surface area contributed by atoms with Gasteiger partial charge in [-0.3, -0.25) is 0 Å². The fraction of sp³-hybridized carbons (Fsp3) is 0.286. The Labute approximate surface area is 74.2 Å². The Kier molecular flexibility index (Phi) is 1.69. The zero-order valence-electron chi connectivity index (χ0n) is 6.21. The van der Waals surface area contributed by atoms with Gasteiger partial charge in [0.15, 0.2) is 5.75 Å². The fourth-order valence-electron chi connectivity index (χ4n) is 0.965. The van der Waals surface area contributed by atoms with Gasteiger partial charge in [0, 0.05) is 6.07 Å². The molecule has 2 rings (SSSR count). The maximum Gasteiger partial charge on any atom is 0.259 e. The fourth-order valence-corrected chi connectivity index (χ4v) is 1.11. The summed E-state index contributed by atoms with van der Waals surface area (Å²) in [6.07, 6.45) is 0. The molecular formula is C7H7ClN2O2. The second kappa shape index (κ2) is 2.71. The summed E-state index contributed by atoms with van der Waals surface area (Å²) in [4.78, 5) is 3.91. The summed E-state index contributed by atoms with van der Waals surface area (Å²) in [6, 6.07) is 1.61. The molecule has 0 atom stereocenters. The third-order valence-corrected chi connectivity index (χ3v) is 1.82. The van der Waals surface area contributed by atoms with Crippen LogP contribution >= 0.6 is 11.6 Å². The molecule has 12 heavy (non-hydrogen) atoms. The first-order valence-electron chi connectivity index (χ1n) is 3.49. The molecule has 2 heterocycles. The van der Waals surface area contributed by atoms with Crippen LogP contribution in [0.25, 0.3) is 0 Å². The second-order valence-electron chi connectivity index (χ2n) is 2.36. The van der Waals surface area contributed by atoms with E-state index in [1.807, 2.05) is 0 Å². The van der Waals surface area contributed by atoms with Crippen LogP contribution in [0, 0.1) is 0 Å². The van der Waals surface area contributed by atoms with Crippen molar-refractivity contribution in [1.82, 2.24) is 4.98 Å². The van der Waals surface area contributed by atoms with E-state index in [2.05, 4.69) is 4.98 Å². The molecule has 1 aliphatic heterocycles. The molecule has 5 heteroatoms. The van der Waals surface area contributed by atoms with Gasteiger partial charge in [-0.2, -0.15) is 4.98 Å². The van der Waals surface area contributed by atoms with Gasteiger partial charge >= 0.3 is 0 Å². The molecule has 0 saturated heterocycles. The number of anilines is 1. The third kappa shape index (κ3) is 1.14. The number of fused-ring (bicyclic) bond motifs is 1. The summed E-state index contributed by atoms with van der Waals surface area (Å²) < 4.78 is 10.4. The van der Waals surface area contributed by atoms with Crippen molar-refractivity contribution in [2.75, 3.05) is 18.9 Å². The molecule has 1 aromatic heterocycles. The number of ether oxygens (including phenoxy) is 2. The highest BCUT2D eigenvalue weighted by atomic mass is 35.5. The van der Waals surface area contributed by atoms with E-state index >= 15 is 0 Å². The summed E-state index contributed by atoms with van der Waals surface area (Å²) >= 11 is 5.72. The van der Waals surface area contributed by atoms with Crippen LogP contribution < -0.4 is 15.2 Å². The molecule has 1 aliphatic rings. The number of nitrogens with two attached hydrogens (primary N) is 1. The van der Waals surface area contributed by atoms with E-state index < -0.39 is 0 Å². The van der Waals surface area contributed by atoms with Crippen LogP contribution in [-0.4, -0.2) is 18.2 Å². The normalized spacial score (nSPS) is 14.4. The summed E-state index contributed by atoms with van der Waals surface area (Å²) in [7, 11) is 0. The Bertz CT molecular complexity index is 286. The van der Waals surface area contributed by atoms with Gasteiger partial charge in [0.1, 0.15) is 19.0 Å². The van der Waals surface area contributed by atoms with Crippen LogP contribution in [0.3, 0.4) is 0 Å². The number of hydrogen-bond acceptors (Lipinski definition) is 4. The number of hydrogen-bond donors (Lipinski definition) is 1. The van der Waals surface area contributed by atoms with Crippen molar-refractivity contribution < 1.29 is 9.47 Å². The molecular weight excluding hydrogens is 180 g/mol. The van der Waals surface area contributed by atoms with E-state index in [1.165, 1.54) is 0 Å². The van der Waals surface area contributed by atoms with Gasteiger partial charge in [0.05, 0.1) is 5.02 Å². The van der Waals surface area contributed by atoms with Crippen molar-refractivity contribution in [1.29, 1.82) is 0 Å². The minimum absolute atomic E-state index is 0.265. The first-order valence-corrected chi connectivity index (χ1v) is 3.87. The molecule has 0 amide bonds. The highest BCUT2D eigenvalue weighted by Crippen LogP contribution is 2.32. The molecule has 0 fully saturated rings. The Morgan fingerprint density at radius 2 is 2.17 bits per heavy atom. The number of nitrogen functional groups attached to an aromatic ring is 1. The monoisotopic (exact) mass is 186 g/mol. The van der Waals surface area contributed by atoms with Gasteiger partial charge < -0.3 is 15.2 Å². The first-order chi connectivity index (χ1) is 5.77. The summed E-state index contributed by atoms with van der Waals surface area (Å²) in [5.41, 5.74) is 5.47. The number of nitrogens with zero attached hydrogens (tertiary/aromatic N) is 1. The van der Waals surface area contributed by atoms with Crippen molar-refractivity contribution >= 4 is 17.4 Å². The van der Waals surface area contributed by atoms with E-state index in [9.17, 15) is 0 Å². The van der Waals surface area contributed by atoms with Gasteiger partial charge in [-0.05, 0) is 0 Å². The Morgan fingerprint density at radius 1 is 1.42 bits per heavy atom. The predicted molar refractivity (Wildman–Crippen MR) is 44.6 cm³/mol. The quantitative estimate of drug-likeness (QED) is 0.659. The Balaban J connectivity index is 2.49. The first kappa shape index (κ1) is 7.49. The van der Waals surface area contributed by atoms with Gasteiger partial charge in [-0.25, -0.2) is 0 Å². The molecule has 64 valence electrons. The van der Waals surface area contributed by atoms with Crippen LogP contribution in [-0.2, 0) is 0 Å². The zero-order chi connectivity index (χ0) is 8.55. The smallest absolute Gasteiger partial charge is 0.259 e. The molecule has 4 nitrogen and oxygen atoms in total. The maximum atomic E-state index is 5.72. The van der Waals surface area contributed by atoms with Gasteiger partial charge in [-0.15, -0.1) is 0 Å². The highest BCUT2D eigenvalue weighted by Gasteiger charge is 2.14. The molecule has 0 bridgehead atoms. The van der Waals surface area contributed by atoms with Crippen LogP contribution in [0.2, 0.25) is 5.02 Å². The molecule has 0 unspecified atom stereocenters. The summed E-state index contributed by atoms with van der Waals surface area (Å²) in [5, 5.41) is 0.388. The number of rotatable bonds is 0. The van der Waals surface area contributed by atoms with Crippen molar-refractivity contribution in [2.24, 2.45) is 0 Å². The van der Waals surface area contributed by atoms with Crippen LogP contribution in [0.1, 0.15) is 0 Å². The lowest BCUT2D eigenvalue weighted by Gasteiger charge is -2.17. The SMILES string of the molecule is Nc1nc2c(cc1Cl)OCCO2. The van der Waals surface area contributed by atoms with Crippen LogP contribution in [0.4, 0.5) is 5.82 Å². The highest BCUT2D eigenvalue weighted by molar-refractivity contribution is 6.32. The van der Waals surface area contributed by atoms with Gasteiger partial charge in [-0.1, -0.05) is 11.6 Å². The Hall–Kier alpha value is -1.16. The van der Waals surface area contributed by atoms with E-state index in [-0.39, 0.29) is 5.82 Å². The standard InChI is InChI=1S/C7H7ClN2O2/c8-4-3-5-7(10-6(4)9)12-2-1-11-5/h3H,1-2H2,(H2,9,10). The largest absolute Gasteiger partial charge is 0.484 e. The summed E-state index contributed by atoms with van der Waals surface area (Å²) in [6.45, 7) is 1.02. The van der Waals surface area contributed by atoms with Gasteiger partial charge in [0.2, 0.25) is 0 Å². The average molecular weight is 187 g/mol. The molecule has 2 N–H and O–H groups in total. The van der Waals surface area contributed by atoms with Gasteiger partial charge in [0.25, 0.3) is 5.88 Å². The van der Waals surface area contributed by atoms with Crippen LogP contribution in [0.5, 0.6) is 11.6 Å². The zero-order valence-corrected chi connectivity index (χ0v) is 6.97. The van der Waals surface area contributed by atoms with Crippen molar-refractivity contribution in [3.63, 3.8) is 0 Å². The average Bonchev–Trinajstić information content (AvgIpc) is 2.07. The predicted octanol–water partition coefficient (Wildman–Crippen LogP) is 1.09. The summed E-state index contributed by atoms with van der Waals surface area (Å²) in [5.74, 6) is 1.24. The molecule has 0 aromatic carbocycles. The molecule has 0 saturated carbocycles. The van der Waals surface area contributed by atoms with E-state index in [0.29, 0.717) is 29.9 Å². The van der Waals surface area contributed by atoms with Crippen molar-refractivity contribution in [3.8, 4) is 11.6 Å². The Morgan fingerprint density at radius 3 is 3.00 bits per heavy atom. The minimum atomic E-state index is 0.265. The maximum absolute atomic E-state index is 5.72. The molecule has 0 spiro atoms. The molecule has 1 aromatic rings. The molecule has 0 radical (unpaired) electrons. The lowest BCUT2D eigenvalue weighted by atomic mass is 10.4. The van der Waals surface area contributed by atoms with E-state index in [1.54, 1.807) is 6.07 Å². The lowest BCUT2D eigenvalue weighted by Crippen LogP contribution is -2.16. The van der Waals surface area contributed by atoms with Crippen LogP contribution in [0.15, 0.2) is 6.07 Å². The number of halogens is 1. The van der Waals surface area contributed by atoms with Crippen molar-refractivity contribution in [2.45, 2.75) is 0 Å². The number of aromatic nitrogens is 1. The minimum Gasteiger partial charge on any atom is -0.484 e. The second-order valence-corrected chi connectivity index (χ2v) is 2.76. The van der Waals surface area contributed by atoms with E-state index in [4.69, 9.17) is 26.8 Å². The van der Waals surface area contributed by atoms with E-state index in [0.717, 1.165) is 0 Å². The van der Waals surface area contributed by atoms with Crippen molar-refractivity contribution in [3.05, 3.63) is 11.1 Å².